The summed E-state index contributed by atoms with van der Waals surface area (Å²) in [5, 5.41) is 9.05. The van der Waals surface area contributed by atoms with Crippen LogP contribution in [0.4, 0.5) is 0 Å². The van der Waals surface area contributed by atoms with Crippen molar-refractivity contribution in [1.82, 2.24) is 14.3 Å². The summed E-state index contributed by atoms with van der Waals surface area (Å²) in [5.41, 5.74) is 0.0807. The van der Waals surface area contributed by atoms with Crippen LogP contribution in [-0.4, -0.2) is 45.0 Å². The van der Waals surface area contributed by atoms with Gasteiger partial charge in [0.25, 0.3) is 11.5 Å². The maximum atomic E-state index is 12.8. The van der Waals surface area contributed by atoms with E-state index >= 15 is 0 Å². The van der Waals surface area contributed by atoms with Crippen molar-refractivity contribution in [1.29, 1.82) is 0 Å². The number of aliphatic hydroxyl groups excluding tert-OH is 1. The molecule has 0 bridgehead atoms. The zero-order chi connectivity index (χ0) is 17.0. The predicted octanol–water partition coefficient (Wildman–Crippen LogP) is 1.57. The fourth-order valence-corrected chi connectivity index (χ4v) is 2.43. The molecule has 0 aliphatic carbocycles. The minimum Gasteiger partial charge on any atom is -0.396 e. The summed E-state index contributed by atoms with van der Waals surface area (Å²) in [5.74, 6) is -0.343. The Hall–Kier alpha value is -2.21. The van der Waals surface area contributed by atoms with Crippen molar-refractivity contribution in [2.75, 3.05) is 19.7 Å². The van der Waals surface area contributed by atoms with E-state index in [1.165, 1.54) is 10.6 Å². The smallest absolute Gasteiger partial charge is 0.270 e. The molecule has 2 rings (SSSR count). The Kier molecular flexibility index (Phi) is 5.15. The average molecular weight is 317 g/mol. The molecule has 0 aliphatic heterocycles. The first-order chi connectivity index (χ1) is 10.8. The highest BCUT2D eigenvalue weighted by Crippen LogP contribution is 2.17. The van der Waals surface area contributed by atoms with E-state index in [1.54, 1.807) is 29.3 Å². The molecule has 0 spiro atoms. The lowest BCUT2D eigenvalue weighted by atomic mass is 9.95. The second-order valence-corrected chi connectivity index (χ2v) is 6.77. The zero-order valence-corrected chi connectivity index (χ0v) is 13.8. The third-order valence-electron chi connectivity index (χ3n) is 3.38. The van der Waals surface area contributed by atoms with Crippen molar-refractivity contribution in [2.24, 2.45) is 5.41 Å². The van der Waals surface area contributed by atoms with Gasteiger partial charge in [0.05, 0.1) is 0 Å². The number of carbonyl (C=O) groups is 1. The van der Waals surface area contributed by atoms with Gasteiger partial charge in [-0.3, -0.25) is 14.0 Å². The zero-order valence-electron chi connectivity index (χ0n) is 13.8. The molecule has 2 heterocycles. The van der Waals surface area contributed by atoms with E-state index in [4.69, 9.17) is 5.11 Å². The lowest BCUT2D eigenvalue weighted by Gasteiger charge is -2.29. The molecule has 2 aromatic rings. The summed E-state index contributed by atoms with van der Waals surface area (Å²) in [4.78, 5) is 31.1. The molecule has 6 heteroatoms. The van der Waals surface area contributed by atoms with Gasteiger partial charge in [-0.2, -0.15) is 0 Å². The fraction of sp³-hybridized carbons (Fsp3) is 0.471. The van der Waals surface area contributed by atoms with Crippen molar-refractivity contribution < 1.29 is 9.90 Å². The number of hydrogen-bond acceptors (Lipinski definition) is 4. The number of amides is 1. The van der Waals surface area contributed by atoms with Crippen molar-refractivity contribution in [3.05, 3.63) is 46.5 Å². The molecular formula is C17H23N3O3. The Labute approximate surface area is 135 Å². The molecule has 0 radical (unpaired) electrons. The normalized spacial score (nSPS) is 11.7. The van der Waals surface area contributed by atoms with Gasteiger partial charge < -0.3 is 10.0 Å². The molecule has 0 aromatic carbocycles. The van der Waals surface area contributed by atoms with Crippen LogP contribution in [0.3, 0.4) is 0 Å². The standard InChI is InChI=1S/C17H23N3O3/c1-17(2,3)12-19(8-6-10-21)15(22)13-11-18-14-7-4-5-9-20(14)16(13)23/h4-5,7,9,11,21H,6,8,10,12H2,1-3H3. The van der Waals surface area contributed by atoms with Crippen LogP contribution in [0.1, 0.15) is 37.6 Å². The number of nitrogens with zero attached hydrogens (tertiary/aromatic N) is 3. The van der Waals surface area contributed by atoms with Crippen molar-refractivity contribution in [2.45, 2.75) is 27.2 Å². The largest absolute Gasteiger partial charge is 0.396 e. The Bertz CT molecular complexity index is 747. The number of hydrogen-bond donors (Lipinski definition) is 1. The number of fused-ring (bicyclic) bond motifs is 1. The van der Waals surface area contributed by atoms with Crippen LogP contribution in [-0.2, 0) is 0 Å². The van der Waals surface area contributed by atoms with E-state index in [0.717, 1.165) is 0 Å². The molecule has 2 aromatic heterocycles. The molecule has 0 unspecified atom stereocenters. The molecule has 0 saturated carbocycles. The van der Waals surface area contributed by atoms with Crippen LogP contribution in [0.15, 0.2) is 35.4 Å². The van der Waals surface area contributed by atoms with Crippen molar-refractivity contribution in [3.63, 3.8) is 0 Å². The third kappa shape index (κ3) is 4.16. The van der Waals surface area contributed by atoms with Gasteiger partial charge in [-0.15, -0.1) is 0 Å². The van der Waals surface area contributed by atoms with Crippen LogP contribution < -0.4 is 5.56 Å². The van der Waals surface area contributed by atoms with Gasteiger partial charge >= 0.3 is 0 Å². The first kappa shape index (κ1) is 17.1. The Morgan fingerprint density at radius 1 is 1.35 bits per heavy atom. The Balaban J connectivity index is 2.39. The number of rotatable bonds is 5. The van der Waals surface area contributed by atoms with Crippen molar-refractivity contribution >= 4 is 11.6 Å². The molecule has 0 saturated heterocycles. The molecule has 124 valence electrons. The highest BCUT2D eigenvalue weighted by Gasteiger charge is 2.24. The van der Waals surface area contributed by atoms with Crippen molar-refractivity contribution in [3.8, 4) is 0 Å². The highest BCUT2D eigenvalue weighted by molar-refractivity contribution is 5.93. The van der Waals surface area contributed by atoms with E-state index in [9.17, 15) is 9.59 Å². The highest BCUT2D eigenvalue weighted by atomic mass is 16.3. The maximum absolute atomic E-state index is 12.8. The quantitative estimate of drug-likeness (QED) is 0.908. The summed E-state index contributed by atoms with van der Waals surface area (Å²) in [6.45, 7) is 6.99. The Morgan fingerprint density at radius 3 is 2.74 bits per heavy atom. The fourth-order valence-electron chi connectivity index (χ4n) is 2.43. The van der Waals surface area contributed by atoms with E-state index in [1.807, 2.05) is 20.8 Å². The van der Waals surface area contributed by atoms with E-state index in [2.05, 4.69) is 4.98 Å². The molecule has 23 heavy (non-hydrogen) atoms. The van der Waals surface area contributed by atoms with Gasteiger partial charge in [-0.25, -0.2) is 4.98 Å². The van der Waals surface area contributed by atoms with Crippen LogP contribution in [0.2, 0.25) is 0 Å². The molecule has 0 atom stereocenters. The molecular weight excluding hydrogens is 294 g/mol. The number of carbonyl (C=O) groups excluding carboxylic acids is 1. The molecule has 6 nitrogen and oxygen atoms in total. The lowest BCUT2D eigenvalue weighted by molar-refractivity contribution is 0.0680. The number of aliphatic hydroxyl groups is 1. The van der Waals surface area contributed by atoms with Crippen LogP contribution in [0, 0.1) is 5.41 Å². The third-order valence-corrected chi connectivity index (χ3v) is 3.38. The maximum Gasteiger partial charge on any atom is 0.270 e. The molecule has 1 amide bonds. The number of pyridine rings is 1. The van der Waals surface area contributed by atoms with Gasteiger partial charge in [0.15, 0.2) is 0 Å². The topological polar surface area (TPSA) is 74.9 Å². The SMILES string of the molecule is CC(C)(C)CN(CCCO)C(=O)c1cnc2ccccn2c1=O. The van der Waals surface area contributed by atoms with E-state index < -0.39 is 0 Å². The number of aromatic nitrogens is 2. The van der Waals surface area contributed by atoms with Gasteiger partial charge in [0.2, 0.25) is 0 Å². The van der Waals surface area contributed by atoms with Gasteiger partial charge in [0.1, 0.15) is 11.2 Å². The second kappa shape index (κ2) is 6.91. The minimum atomic E-state index is -0.372. The first-order valence-corrected chi connectivity index (χ1v) is 7.70. The molecule has 1 N–H and O–H groups in total. The van der Waals surface area contributed by atoms with Crippen LogP contribution >= 0.6 is 0 Å². The summed E-state index contributed by atoms with van der Waals surface area (Å²) in [6.07, 6.45) is 3.42. The second-order valence-electron chi connectivity index (χ2n) is 6.77. The van der Waals surface area contributed by atoms with Gasteiger partial charge in [-0.1, -0.05) is 26.8 Å². The summed E-state index contributed by atoms with van der Waals surface area (Å²) < 4.78 is 1.37. The molecule has 0 fully saturated rings. The monoisotopic (exact) mass is 317 g/mol. The Morgan fingerprint density at radius 2 is 2.09 bits per heavy atom. The minimum absolute atomic E-state index is 0.00285. The average Bonchev–Trinajstić information content (AvgIpc) is 2.50. The summed E-state index contributed by atoms with van der Waals surface area (Å²) in [7, 11) is 0. The van der Waals surface area contributed by atoms with E-state index in [-0.39, 0.29) is 29.1 Å². The van der Waals surface area contributed by atoms with E-state index in [0.29, 0.717) is 25.2 Å². The van der Waals surface area contributed by atoms with Crippen LogP contribution in [0.25, 0.3) is 5.65 Å². The lowest BCUT2D eigenvalue weighted by Crippen LogP contribution is -2.41. The summed E-state index contributed by atoms with van der Waals surface area (Å²) in [6, 6.07) is 5.23. The van der Waals surface area contributed by atoms with Gasteiger partial charge in [0, 0.05) is 32.1 Å². The first-order valence-electron chi connectivity index (χ1n) is 7.70. The van der Waals surface area contributed by atoms with Gasteiger partial charge in [-0.05, 0) is 24.0 Å². The van der Waals surface area contributed by atoms with Crippen LogP contribution in [0.5, 0.6) is 0 Å². The predicted molar refractivity (Wildman–Crippen MR) is 88.5 cm³/mol. The summed E-state index contributed by atoms with van der Waals surface area (Å²) >= 11 is 0. The molecule has 0 aliphatic rings.